The summed E-state index contributed by atoms with van der Waals surface area (Å²) >= 11 is 3.59. The van der Waals surface area contributed by atoms with Crippen LogP contribution in [0.15, 0.2) is 53.0 Å². The maximum atomic E-state index is 14.8. The number of ether oxygens (including phenoxy) is 2. The summed E-state index contributed by atoms with van der Waals surface area (Å²) in [5.41, 5.74) is -1.41. The van der Waals surface area contributed by atoms with Gasteiger partial charge in [-0.05, 0) is 51.7 Å². The molecule has 45 heavy (non-hydrogen) atoms. The molecule has 11 heteroatoms. The molecule has 2 fully saturated rings. The number of likely N-dealkylation sites (tertiary alicyclic amines) is 1. The van der Waals surface area contributed by atoms with Gasteiger partial charge in [0.1, 0.15) is 29.8 Å². The Kier molecular flexibility index (Phi) is 9.37. The number of halogens is 1. The Morgan fingerprint density at radius 3 is 2.38 bits per heavy atom. The van der Waals surface area contributed by atoms with Crippen LogP contribution in [0.5, 0.6) is 0 Å². The molecule has 4 aliphatic rings. The van der Waals surface area contributed by atoms with Crippen molar-refractivity contribution in [3.63, 3.8) is 0 Å². The fourth-order valence-corrected chi connectivity index (χ4v) is 7.98. The van der Waals surface area contributed by atoms with Crippen molar-refractivity contribution < 1.29 is 33.8 Å². The molecule has 0 radical (unpaired) electrons. The third-order valence-corrected chi connectivity index (χ3v) is 10.1. The molecule has 10 nitrogen and oxygen atoms in total. The number of esters is 1. The number of hydrogen-bond acceptors (Lipinski definition) is 7. The van der Waals surface area contributed by atoms with Crippen molar-refractivity contribution in [2.75, 3.05) is 13.2 Å². The molecule has 0 aromatic heterocycles. The Bertz CT molecular complexity index is 1390. The molecule has 0 unspecified atom stereocenters. The van der Waals surface area contributed by atoms with E-state index in [-0.39, 0.29) is 37.3 Å². The number of nitrogens with one attached hydrogen (secondary N) is 1. The van der Waals surface area contributed by atoms with Crippen LogP contribution in [0.3, 0.4) is 0 Å². The van der Waals surface area contributed by atoms with Crippen LogP contribution in [-0.2, 0) is 28.7 Å². The van der Waals surface area contributed by atoms with Gasteiger partial charge in [-0.25, -0.2) is 0 Å². The van der Waals surface area contributed by atoms with Gasteiger partial charge in [-0.15, -0.1) is 0 Å². The van der Waals surface area contributed by atoms with E-state index in [1.807, 2.05) is 77.1 Å². The van der Waals surface area contributed by atoms with Gasteiger partial charge >= 0.3 is 5.97 Å². The number of aliphatic hydroxyl groups is 1. The largest absolute Gasteiger partial charge is 0.455 e. The fraction of sp³-hybridized carbons (Fsp3) is 0.588. The summed E-state index contributed by atoms with van der Waals surface area (Å²) in [6, 6.07) is 6.78. The molecule has 8 atom stereocenters. The zero-order valence-corrected chi connectivity index (χ0v) is 28.3. The van der Waals surface area contributed by atoms with Crippen LogP contribution in [-0.4, -0.2) is 87.1 Å². The van der Waals surface area contributed by atoms with Gasteiger partial charge in [0.2, 0.25) is 17.7 Å². The molecule has 0 saturated carbocycles. The quantitative estimate of drug-likeness (QED) is 0.366. The molecule has 1 aromatic carbocycles. The molecule has 0 aliphatic carbocycles. The summed E-state index contributed by atoms with van der Waals surface area (Å²) in [6.45, 7) is 11.2. The summed E-state index contributed by atoms with van der Waals surface area (Å²) in [5, 5.41) is 13.5. The van der Waals surface area contributed by atoms with E-state index in [2.05, 4.69) is 21.2 Å². The molecule has 4 aliphatic heterocycles. The minimum absolute atomic E-state index is 0.188. The summed E-state index contributed by atoms with van der Waals surface area (Å²) in [7, 11) is 0. The Hall–Kier alpha value is -3.02. The normalized spacial score (nSPS) is 34.0. The van der Waals surface area contributed by atoms with Crippen LogP contribution in [0.25, 0.3) is 0 Å². The van der Waals surface area contributed by atoms with Gasteiger partial charge in [0.15, 0.2) is 0 Å². The van der Waals surface area contributed by atoms with Crippen LogP contribution >= 0.6 is 15.9 Å². The molecule has 5 rings (SSSR count). The summed E-state index contributed by atoms with van der Waals surface area (Å²) in [4.78, 5) is 59.8. The van der Waals surface area contributed by atoms with Gasteiger partial charge in [-0.1, -0.05) is 72.3 Å². The highest BCUT2D eigenvalue weighted by atomic mass is 79.9. The molecule has 1 aromatic rings. The van der Waals surface area contributed by atoms with E-state index < -0.39 is 65.2 Å². The topological polar surface area (TPSA) is 125 Å². The first-order valence-corrected chi connectivity index (χ1v) is 16.5. The number of hydrogen-bond donors (Lipinski definition) is 2. The van der Waals surface area contributed by atoms with Crippen molar-refractivity contribution in [2.45, 2.75) is 95.9 Å². The van der Waals surface area contributed by atoms with E-state index in [9.17, 15) is 24.3 Å². The zero-order valence-electron chi connectivity index (χ0n) is 26.7. The molecule has 5 bridgehead atoms. The predicted octanol–water partition coefficient (Wildman–Crippen LogP) is 3.64. The number of amides is 3. The Morgan fingerprint density at radius 1 is 1.07 bits per heavy atom. The summed E-state index contributed by atoms with van der Waals surface area (Å²) in [6.07, 6.45) is 4.50. The highest BCUT2D eigenvalue weighted by molar-refractivity contribution is 9.11. The van der Waals surface area contributed by atoms with E-state index in [1.165, 1.54) is 4.90 Å². The number of carbonyl (C=O) groups excluding carboxylic acids is 4. The molecule has 3 amide bonds. The average Bonchev–Trinajstić information content (AvgIpc) is 3.56. The van der Waals surface area contributed by atoms with Gasteiger partial charge in [-0.3, -0.25) is 19.2 Å². The number of aliphatic hydroxyl groups excluding tert-OH is 1. The highest BCUT2D eigenvalue weighted by Crippen LogP contribution is 2.59. The van der Waals surface area contributed by atoms with Gasteiger partial charge in [0, 0.05) is 23.0 Å². The van der Waals surface area contributed by atoms with Crippen molar-refractivity contribution in [3.8, 4) is 0 Å². The van der Waals surface area contributed by atoms with Crippen LogP contribution in [0.1, 0.15) is 66.1 Å². The second-order valence-corrected chi connectivity index (χ2v) is 14.7. The SMILES string of the molecule is CC(C)[C@H](CO)N1C(=O)[C@H]2[C@@H]3C(=O)O[C@H](c4ccccc4)[C@@H](C)NC(=O)CC/C=C\CN(C(C)(C)C)C(=O)[C@H]1[C@@]21C=C(Br)[C@@H]3O1. The lowest BCUT2D eigenvalue weighted by atomic mass is 9.74. The van der Waals surface area contributed by atoms with Crippen molar-refractivity contribution in [1.29, 1.82) is 0 Å². The van der Waals surface area contributed by atoms with Crippen LogP contribution < -0.4 is 5.32 Å². The van der Waals surface area contributed by atoms with E-state index in [0.29, 0.717) is 16.5 Å². The number of rotatable bonds is 4. The highest BCUT2D eigenvalue weighted by Gasteiger charge is 2.75. The average molecular weight is 687 g/mol. The standard InChI is InChI=1S/C34H44BrN3O7/c1-19(2)23(18-39)38-29-31(42)37(33(4,5)6)16-12-8-11-15-24(40)36-20(3)27(21-13-9-7-10-14-21)44-32(43)25-26(30(38)41)34(29)17-22(35)28(25)45-34/h7-10,12-14,17,19-20,23,25-29,39H,11,15-16,18H2,1-6H3,(H,36,40)/b12-8-/t20-,23+,25+,26-,27+,28+,29+,34-/m1/s1. The molecule has 2 saturated heterocycles. The predicted molar refractivity (Wildman–Crippen MR) is 171 cm³/mol. The third-order valence-electron chi connectivity index (χ3n) is 9.47. The van der Waals surface area contributed by atoms with Crippen LogP contribution in [0.2, 0.25) is 0 Å². The molecule has 1 spiro atoms. The van der Waals surface area contributed by atoms with Crippen molar-refractivity contribution in [2.24, 2.45) is 17.8 Å². The number of nitrogens with zero attached hydrogens (tertiary/aromatic N) is 2. The van der Waals surface area contributed by atoms with Crippen molar-refractivity contribution >= 4 is 39.6 Å². The number of cyclic esters (lactones) is 1. The van der Waals surface area contributed by atoms with Crippen LogP contribution in [0.4, 0.5) is 0 Å². The van der Waals surface area contributed by atoms with Gasteiger partial charge < -0.3 is 29.7 Å². The molecule has 244 valence electrons. The molecular weight excluding hydrogens is 642 g/mol. The number of fused-ring (bicyclic) bond motifs is 2. The van der Waals surface area contributed by atoms with Crippen molar-refractivity contribution in [3.05, 3.63) is 58.6 Å². The zero-order chi connectivity index (χ0) is 32.8. The minimum Gasteiger partial charge on any atom is -0.455 e. The third kappa shape index (κ3) is 5.87. The van der Waals surface area contributed by atoms with E-state index in [4.69, 9.17) is 9.47 Å². The first-order valence-electron chi connectivity index (χ1n) is 15.7. The fourth-order valence-electron chi connectivity index (χ4n) is 7.24. The molecule has 4 heterocycles. The lowest BCUT2D eigenvalue weighted by molar-refractivity contribution is -0.162. The van der Waals surface area contributed by atoms with Crippen molar-refractivity contribution in [1.82, 2.24) is 15.1 Å². The Morgan fingerprint density at radius 2 is 1.76 bits per heavy atom. The Labute approximate surface area is 273 Å². The van der Waals surface area contributed by atoms with E-state index in [1.54, 1.807) is 17.9 Å². The first kappa shape index (κ1) is 33.3. The first-order chi connectivity index (χ1) is 21.2. The second kappa shape index (κ2) is 12.6. The monoisotopic (exact) mass is 685 g/mol. The lowest BCUT2D eigenvalue weighted by Gasteiger charge is -2.43. The number of carbonyl (C=O) groups is 4. The smallest absolute Gasteiger partial charge is 0.313 e. The van der Waals surface area contributed by atoms with E-state index in [0.717, 1.165) is 0 Å². The number of benzene rings is 1. The summed E-state index contributed by atoms with van der Waals surface area (Å²) < 4.78 is 13.4. The summed E-state index contributed by atoms with van der Waals surface area (Å²) in [5.74, 6) is -3.91. The van der Waals surface area contributed by atoms with Crippen LogP contribution in [0, 0.1) is 17.8 Å². The molecular formula is C34H44BrN3O7. The Balaban J connectivity index is 1.66. The minimum atomic E-state index is -1.45. The molecule has 2 N–H and O–H groups in total. The van der Waals surface area contributed by atoms with Gasteiger partial charge in [0.05, 0.1) is 24.6 Å². The lowest BCUT2D eigenvalue weighted by Crippen LogP contribution is -2.62. The second-order valence-electron chi connectivity index (χ2n) is 13.8. The number of allylic oxidation sites excluding steroid dienone is 1. The maximum Gasteiger partial charge on any atom is 0.313 e. The van der Waals surface area contributed by atoms with Gasteiger partial charge in [-0.2, -0.15) is 0 Å². The van der Waals surface area contributed by atoms with Gasteiger partial charge in [0.25, 0.3) is 0 Å². The van der Waals surface area contributed by atoms with E-state index >= 15 is 0 Å². The maximum absolute atomic E-state index is 14.8.